The van der Waals surface area contributed by atoms with Gasteiger partial charge >= 0.3 is 17.8 Å². The van der Waals surface area contributed by atoms with E-state index in [1.165, 1.54) is 18.2 Å². The number of piperazine rings is 1. The molecule has 0 radical (unpaired) electrons. The zero-order chi connectivity index (χ0) is 42.6. The van der Waals surface area contributed by atoms with Gasteiger partial charge in [0.1, 0.15) is 47.1 Å². The number of nitrogens with zero attached hydrogens (tertiary/aromatic N) is 6. The molecule has 2 aromatic carbocycles. The van der Waals surface area contributed by atoms with E-state index in [1.807, 2.05) is 0 Å². The van der Waals surface area contributed by atoms with Crippen LogP contribution in [0.3, 0.4) is 0 Å². The second-order valence-electron chi connectivity index (χ2n) is 18.0. The molecule has 4 fully saturated rings. The molecule has 5 aliphatic heterocycles. The van der Waals surface area contributed by atoms with Crippen molar-refractivity contribution in [3.8, 4) is 35.4 Å². The molecule has 5 aliphatic rings. The Kier molecular flexibility index (Phi) is 9.48. The first-order valence-electron chi connectivity index (χ1n) is 21.2. The van der Waals surface area contributed by atoms with E-state index in [0.29, 0.717) is 59.9 Å². The molecule has 61 heavy (non-hydrogen) atoms. The number of alkyl halides is 1. The summed E-state index contributed by atoms with van der Waals surface area (Å²) in [5, 5.41) is 1.11. The lowest BCUT2D eigenvalue weighted by molar-refractivity contribution is -0.137. The molecule has 5 aromatic rings. The van der Waals surface area contributed by atoms with E-state index in [9.17, 15) is 14.0 Å². The Morgan fingerprint density at radius 2 is 1.92 bits per heavy atom. The van der Waals surface area contributed by atoms with Crippen LogP contribution in [-0.4, -0.2) is 86.8 Å². The standard InChI is InChI=1S/C46H47F3N6O6/c1-7-30-32(48)11-9-26-15-29(60-43(56)22(2)3)16-31(35(26)30)39-37(49)40-36-38(50-39)23(4)24(5)41-33-12-10-28(54(33)20-34-25(6)59-45(57)61-34)19-55(41)42(36)52-44(51-40)58-21-46-13-8-14-53(46)18-27(47)17-46/h1,9,11,15-16,22-24,27-28,33,41H,8,10,12-14,17-21H2,2-6H3/t23-,24+,27-,28-,33+,41+,46+/m1/s1. The van der Waals surface area contributed by atoms with Crippen molar-refractivity contribution in [2.45, 2.75) is 109 Å². The maximum absolute atomic E-state index is 17.9. The SMILES string of the molecule is C#Cc1c(F)ccc2cc(OC(=O)C(C)C)cc(-c3nc4c5c(nc(OC[C@@]67CCCN6C[C@H](F)C7)nc5c3F)N3C[C@H]5CC[C@@H]([C@@H]3[C@@H](C)[C@H]4C)N5Cc3oc(=O)oc3C)c12. The molecular weight excluding hydrogens is 790 g/mol. The lowest BCUT2D eigenvalue weighted by atomic mass is 9.81. The van der Waals surface area contributed by atoms with E-state index in [4.69, 9.17) is 39.7 Å². The largest absolute Gasteiger partial charge is 0.519 e. The summed E-state index contributed by atoms with van der Waals surface area (Å²) in [5.41, 5.74) is -0.0942. The minimum atomic E-state index is -0.975. The first kappa shape index (κ1) is 39.7. The zero-order valence-electron chi connectivity index (χ0n) is 34.8. The molecule has 2 bridgehead atoms. The van der Waals surface area contributed by atoms with E-state index in [1.54, 1.807) is 26.8 Å². The maximum atomic E-state index is 17.9. The monoisotopic (exact) mass is 836 g/mol. The number of benzene rings is 2. The summed E-state index contributed by atoms with van der Waals surface area (Å²) < 4.78 is 71.3. The number of halogens is 3. The third-order valence-corrected chi connectivity index (χ3v) is 14.2. The van der Waals surface area contributed by atoms with Crippen LogP contribution >= 0.6 is 0 Å². The van der Waals surface area contributed by atoms with E-state index >= 15 is 8.78 Å². The van der Waals surface area contributed by atoms with Crippen LogP contribution in [0.15, 0.2) is 37.9 Å². The van der Waals surface area contributed by atoms with E-state index in [2.05, 4.69) is 34.5 Å². The van der Waals surface area contributed by atoms with Gasteiger partial charge < -0.3 is 23.2 Å². The number of rotatable bonds is 8. The maximum Gasteiger partial charge on any atom is 0.519 e. The number of carbonyl (C=O) groups is 1. The topological polar surface area (TPSA) is 127 Å². The Morgan fingerprint density at radius 3 is 2.67 bits per heavy atom. The van der Waals surface area contributed by atoms with Crippen LogP contribution in [0.5, 0.6) is 11.8 Å². The average molecular weight is 837 g/mol. The number of pyridine rings is 1. The van der Waals surface area contributed by atoms with Gasteiger partial charge in [-0.1, -0.05) is 39.7 Å². The van der Waals surface area contributed by atoms with Gasteiger partial charge in [-0.25, -0.2) is 22.9 Å². The Morgan fingerprint density at radius 1 is 1.10 bits per heavy atom. The van der Waals surface area contributed by atoms with Gasteiger partial charge in [0.15, 0.2) is 11.6 Å². The van der Waals surface area contributed by atoms with Crippen molar-refractivity contribution >= 4 is 33.5 Å². The van der Waals surface area contributed by atoms with Crippen LogP contribution in [0.25, 0.3) is 32.9 Å². The highest BCUT2D eigenvalue weighted by Gasteiger charge is 2.53. The zero-order valence-corrected chi connectivity index (χ0v) is 34.8. The van der Waals surface area contributed by atoms with Crippen LogP contribution in [0.2, 0.25) is 0 Å². The van der Waals surface area contributed by atoms with Crippen LogP contribution in [0.4, 0.5) is 19.0 Å². The third-order valence-electron chi connectivity index (χ3n) is 14.2. The highest BCUT2D eigenvalue weighted by atomic mass is 19.1. The molecule has 7 atom stereocenters. The summed E-state index contributed by atoms with van der Waals surface area (Å²) in [5.74, 6) is 0.447. The number of carbonyl (C=O) groups excluding carboxylic acids is 1. The summed E-state index contributed by atoms with van der Waals surface area (Å²) >= 11 is 0. The van der Waals surface area contributed by atoms with Crippen molar-refractivity contribution < 1.29 is 36.3 Å². The predicted molar refractivity (Wildman–Crippen MR) is 220 cm³/mol. The quantitative estimate of drug-likeness (QED) is 0.0876. The molecule has 0 saturated carbocycles. The summed E-state index contributed by atoms with van der Waals surface area (Å²) in [6, 6.07) is 5.65. The lowest BCUT2D eigenvalue weighted by Gasteiger charge is -2.49. The number of esters is 1. The second kappa shape index (κ2) is 14.6. The minimum absolute atomic E-state index is 0.00726. The summed E-state index contributed by atoms with van der Waals surface area (Å²) in [4.78, 5) is 46.8. The van der Waals surface area contributed by atoms with Crippen molar-refractivity contribution in [3.05, 3.63) is 69.3 Å². The number of anilines is 1. The van der Waals surface area contributed by atoms with E-state index in [0.717, 1.165) is 32.2 Å². The Hall–Kier alpha value is -5.46. The van der Waals surface area contributed by atoms with E-state index < -0.39 is 41.1 Å². The van der Waals surface area contributed by atoms with Gasteiger partial charge in [-0.2, -0.15) is 9.97 Å². The van der Waals surface area contributed by atoms with Crippen molar-refractivity contribution in [2.75, 3.05) is 31.1 Å². The second-order valence-corrected chi connectivity index (χ2v) is 18.0. The van der Waals surface area contributed by atoms with Gasteiger partial charge in [0, 0.05) is 54.5 Å². The molecule has 15 heteroatoms. The normalized spacial score (nSPS) is 27.1. The molecule has 10 rings (SSSR count). The lowest BCUT2D eigenvalue weighted by Crippen LogP contribution is -2.62. The fourth-order valence-corrected chi connectivity index (χ4v) is 11.0. The van der Waals surface area contributed by atoms with Crippen molar-refractivity contribution in [2.24, 2.45) is 11.8 Å². The molecular formula is C46H47F3N6O6. The molecule has 8 heterocycles. The number of terminal acetylenes is 1. The van der Waals surface area contributed by atoms with Gasteiger partial charge in [0.05, 0.1) is 34.6 Å². The Balaban J connectivity index is 1.17. The van der Waals surface area contributed by atoms with Gasteiger partial charge in [-0.15, -0.1) is 6.42 Å². The first-order chi connectivity index (χ1) is 29.2. The number of hydrogen-bond acceptors (Lipinski definition) is 12. The minimum Gasteiger partial charge on any atom is -0.461 e. The van der Waals surface area contributed by atoms with Crippen LogP contribution in [-0.2, 0) is 11.3 Å². The van der Waals surface area contributed by atoms with Crippen LogP contribution in [0.1, 0.15) is 88.5 Å². The number of ether oxygens (including phenoxy) is 2. The van der Waals surface area contributed by atoms with Crippen molar-refractivity contribution in [1.29, 1.82) is 0 Å². The first-order valence-corrected chi connectivity index (χ1v) is 21.2. The highest BCUT2D eigenvalue weighted by molar-refractivity contribution is 6.04. The number of aromatic nitrogens is 3. The number of hydrogen-bond donors (Lipinski definition) is 0. The molecule has 318 valence electrons. The summed E-state index contributed by atoms with van der Waals surface area (Å²) in [6.07, 6.45) is 8.71. The molecule has 4 saturated heterocycles. The van der Waals surface area contributed by atoms with Crippen LogP contribution in [0, 0.1) is 42.7 Å². The van der Waals surface area contributed by atoms with Crippen LogP contribution < -0.4 is 20.2 Å². The van der Waals surface area contributed by atoms with Crippen molar-refractivity contribution in [1.82, 2.24) is 24.8 Å². The van der Waals surface area contributed by atoms with Gasteiger partial charge in [-0.3, -0.25) is 14.6 Å². The summed E-state index contributed by atoms with van der Waals surface area (Å²) in [6.45, 7) is 11.5. The Bertz CT molecular complexity index is 2730. The molecule has 0 aliphatic carbocycles. The fraction of sp³-hybridized carbons (Fsp3) is 0.500. The van der Waals surface area contributed by atoms with Gasteiger partial charge in [0.2, 0.25) is 0 Å². The van der Waals surface area contributed by atoms with E-state index in [-0.39, 0.29) is 76.1 Å². The highest BCUT2D eigenvalue weighted by Crippen LogP contribution is 2.51. The Labute approximate surface area is 350 Å². The number of aryl methyl sites for hydroxylation is 1. The smallest absolute Gasteiger partial charge is 0.461 e. The summed E-state index contributed by atoms with van der Waals surface area (Å²) in [7, 11) is 0. The van der Waals surface area contributed by atoms with Gasteiger partial charge in [-0.05, 0) is 68.7 Å². The molecule has 12 nitrogen and oxygen atoms in total. The van der Waals surface area contributed by atoms with Gasteiger partial charge in [0.25, 0.3) is 0 Å². The molecule has 0 amide bonds. The molecule has 0 spiro atoms. The molecule has 3 aromatic heterocycles. The molecule has 0 unspecified atom stereocenters. The molecule has 0 N–H and O–H groups in total. The average Bonchev–Trinajstić information content (AvgIpc) is 3.93. The number of fused-ring (bicyclic) bond motifs is 7. The van der Waals surface area contributed by atoms with Crippen molar-refractivity contribution in [3.63, 3.8) is 0 Å². The predicted octanol–water partition coefficient (Wildman–Crippen LogP) is 7.45. The fourth-order valence-electron chi connectivity index (χ4n) is 11.0. The third kappa shape index (κ3) is 6.30.